The van der Waals surface area contributed by atoms with Gasteiger partial charge in [-0.1, -0.05) is 13.0 Å². The van der Waals surface area contributed by atoms with Gasteiger partial charge in [-0.3, -0.25) is 0 Å². The zero-order chi connectivity index (χ0) is 15.0. The molecule has 6 nitrogen and oxygen atoms in total. The summed E-state index contributed by atoms with van der Waals surface area (Å²) >= 11 is 0. The van der Waals surface area contributed by atoms with Crippen LogP contribution >= 0.6 is 0 Å². The third kappa shape index (κ3) is 5.21. The number of likely N-dealkylation sites (tertiary alicyclic amines) is 1. The summed E-state index contributed by atoms with van der Waals surface area (Å²) in [6.45, 7) is 7.47. The van der Waals surface area contributed by atoms with Crippen LogP contribution in [0.1, 0.15) is 26.2 Å². The van der Waals surface area contributed by atoms with E-state index in [2.05, 4.69) is 11.9 Å². The summed E-state index contributed by atoms with van der Waals surface area (Å²) in [5.74, 6) is -0.601. The number of carboxylic acids is 1. The fraction of sp³-hybridized carbons (Fsp3) is 0.714. The average Bonchev–Trinajstić information content (AvgIpc) is 2.42. The summed E-state index contributed by atoms with van der Waals surface area (Å²) in [5, 5.41) is 11.9. The second-order valence-corrected chi connectivity index (χ2v) is 5.10. The fourth-order valence-electron chi connectivity index (χ4n) is 2.22. The normalized spacial score (nSPS) is 22.4. The van der Waals surface area contributed by atoms with Gasteiger partial charge in [-0.2, -0.15) is 0 Å². The van der Waals surface area contributed by atoms with Crippen molar-refractivity contribution in [2.45, 2.75) is 32.2 Å². The smallest absolute Gasteiger partial charge is 0.326 e. The van der Waals surface area contributed by atoms with Crippen LogP contribution < -0.4 is 5.32 Å². The molecule has 2 N–H and O–H groups in total. The van der Waals surface area contributed by atoms with E-state index >= 15 is 0 Å². The van der Waals surface area contributed by atoms with Gasteiger partial charge in [0.2, 0.25) is 0 Å². The number of hydrogen-bond acceptors (Lipinski definition) is 3. The number of rotatable bonds is 7. The van der Waals surface area contributed by atoms with Gasteiger partial charge >= 0.3 is 12.0 Å². The summed E-state index contributed by atoms with van der Waals surface area (Å²) < 4.78 is 5.28. The topological polar surface area (TPSA) is 78.9 Å². The first-order chi connectivity index (χ1) is 9.56. The minimum atomic E-state index is -0.936. The Kier molecular flexibility index (Phi) is 7.08. The van der Waals surface area contributed by atoms with Gasteiger partial charge in [-0.25, -0.2) is 9.59 Å². The van der Waals surface area contributed by atoms with Crippen LogP contribution in [0.15, 0.2) is 12.7 Å². The molecule has 2 amide bonds. The van der Waals surface area contributed by atoms with Gasteiger partial charge in [0.25, 0.3) is 0 Å². The molecule has 1 aliphatic heterocycles. The van der Waals surface area contributed by atoms with E-state index in [0.717, 1.165) is 12.8 Å². The highest BCUT2D eigenvalue weighted by atomic mass is 16.5. The number of piperidine rings is 1. The van der Waals surface area contributed by atoms with E-state index in [1.54, 1.807) is 6.08 Å². The maximum absolute atomic E-state index is 12.0. The van der Waals surface area contributed by atoms with Crippen molar-refractivity contribution < 1.29 is 19.4 Å². The molecule has 0 bridgehead atoms. The van der Waals surface area contributed by atoms with Gasteiger partial charge in [0.05, 0.1) is 13.2 Å². The van der Waals surface area contributed by atoms with Gasteiger partial charge in [-0.05, 0) is 25.2 Å². The number of urea groups is 1. The molecule has 20 heavy (non-hydrogen) atoms. The quantitative estimate of drug-likeness (QED) is 0.548. The minimum Gasteiger partial charge on any atom is -0.480 e. The monoisotopic (exact) mass is 284 g/mol. The van der Waals surface area contributed by atoms with Crippen LogP contribution in [0.25, 0.3) is 0 Å². The molecule has 0 aromatic rings. The fourth-order valence-corrected chi connectivity index (χ4v) is 2.22. The molecule has 0 aliphatic carbocycles. The lowest BCUT2D eigenvalue weighted by atomic mass is 9.93. The van der Waals surface area contributed by atoms with Crippen molar-refractivity contribution in [1.82, 2.24) is 10.2 Å². The van der Waals surface area contributed by atoms with Gasteiger partial charge in [-0.15, -0.1) is 6.58 Å². The SMILES string of the molecule is C=CCCOCCNC(=O)N1CCC(C)CC1C(=O)O. The van der Waals surface area contributed by atoms with Crippen LogP contribution in [0.3, 0.4) is 0 Å². The highest BCUT2D eigenvalue weighted by molar-refractivity contribution is 5.82. The predicted octanol–water partition coefficient (Wildman–Crippen LogP) is 1.47. The van der Waals surface area contributed by atoms with Crippen LogP contribution in [0.2, 0.25) is 0 Å². The number of ether oxygens (including phenoxy) is 1. The first-order valence-electron chi connectivity index (χ1n) is 7.02. The molecule has 114 valence electrons. The van der Waals surface area contributed by atoms with Crippen molar-refractivity contribution in [1.29, 1.82) is 0 Å². The second-order valence-electron chi connectivity index (χ2n) is 5.10. The Hall–Kier alpha value is -1.56. The van der Waals surface area contributed by atoms with Crippen LogP contribution in [0.5, 0.6) is 0 Å². The van der Waals surface area contributed by atoms with Gasteiger partial charge in [0, 0.05) is 13.1 Å². The second kappa shape index (κ2) is 8.58. The molecule has 0 saturated carbocycles. The summed E-state index contributed by atoms with van der Waals surface area (Å²) in [6.07, 6.45) is 3.90. The Balaban J connectivity index is 2.33. The molecule has 0 radical (unpaired) electrons. The largest absolute Gasteiger partial charge is 0.480 e. The van der Waals surface area contributed by atoms with Crippen LogP contribution in [0, 0.1) is 5.92 Å². The Bertz CT molecular complexity index is 346. The van der Waals surface area contributed by atoms with E-state index < -0.39 is 12.0 Å². The summed E-state index contributed by atoms with van der Waals surface area (Å²) in [4.78, 5) is 24.6. The average molecular weight is 284 g/mol. The molecule has 1 heterocycles. The highest BCUT2D eigenvalue weighted by Gasteiger charge is 2.34. The van der Waals surface area contributed by atoms with Crippen molar-refractivity contribution in [3.63, 3.8) is 0 Å². The molecule has 0 spiro atoms. The minimum absolute atomic E-state index is 0.323. The Morgan fingerprint density at radius 3 is 2.90 bits per heavy atom. The van der Waals surface area contributed by atoms with Gasteiger partial charge < -0.3 is 20.1 Å². The highest BCUT2D eigenvalue weighted by Crippen LogP contribution is 2.22. The van der Waals surface area contributed by atoms with E-state index in [4.69, 9.17) is 4.74 Å². The third-order valence-corrected chi connectivity index (χ3v) is 3.40. The van der Waals surface area contributed by atoms with E-state index in [-0.39, 0.29) is 6.03 Å². The molecule has 0 aromatic heterocycles. The van der Waals surface area contributed by atoms with E-state index in [0.29, 0.717) is 38.6 Å². The molecule has 1 aliphatic rings. The molecule has 1 rings (SSSR count). The number of carboxylic acid groups (broad SMARTS) is 1. The van der Waals surface area contributed by atoms with Crippen LogP contribution in [-0.2, 0) is 9.53 Å². The van der Waals surface area contributed by atoms with Crippen molar-refractivity contribution in [2.75, 3.05) is 26.3 Å². The third-order valence-electron chi connectivity index (χ3n) is 3.40. The number of hydrogen-bond donors (Lipinski definition) is 2. The molecular formula is C14H24N2O4. The lowest BCUT2D eigenvalue weighted by Crippen LogP contribution is -2.53. The molecule has 1 saturated heterocycles. The molecule has 0 aromatic carbocycles. The van der Waals surface area contributed by atoms with Gasteiger partial charge in [0.1, 0.15) is 6.04 Å². The number of carbonyl (C=O) groups excluding carboxylic acids is 1. The van der Waals surface area contributed by atoms with Crippen LogP contribution in [0.4, 0.5) is 4.79 Å². The maximum Gasteiger partial charge on any atom is 0.326 e. The molecule has 1 fully saturated rings. The zero-order valence-corrected chi connectivity index (χ0v) is 12.0. The van der Waals surface area contributed by atoms with E-state index in [9.17, 15) is 14.7 Å². The summed E-state index contributed by atoms with van der Waals surface area (Å²) in [6, 6.07) is -1.04. The lowest BCUT2D eigenvalue weighted by Gasteiger charge is -2.35. The maximum atomic E-state index is 12.0. The number of nitrogens with zero attached hydrogens (tertiary/aromatic N) is 1. The van der Waals surface area contributed by atoms with E-state index in [1.807, 2.05) is 6.92 Å². The Morgan fingerprint density at radius 1 is 1.50 bits per heavy atom. The van der Waals surface area contributed by atoms with E-state index in [1.165, 1.54) is 4.90 Å². The molecule has 2 unspecified atom stereocenters. The first-order valence-corrected chi connectivity index (χ1v) is 7.02. The Morgan fingerprint density at radius 2 is 2.25 bits per heavy atom. The van der Waals surface area contributed by atoms with Crippen LogP contribution in [-0.4, -0.2) is 54.4 Å². The van der Waals surface area contributed by atoms with Gasteiger partial charge in [0.15, 0.2) is 0 Å². The zero-order valence-electron chi connectivity index (χ0n) is 12.0. The van der Waals surface area contributed by atoms with Crippen molar-refractivity contribution >= 4 is 12.0 Å². The molecular weight excluding hydrogens is 260 g/mol. The number of amides is 2. The standard InChI is InChI=1S/C14H24N2O4/c1-3-4-8-20-9-6-15-14(19)16-7-5-11(2)10-12(16)13(17)18/h3,11-12H,1,4-10H2,2H3,(H,15,19)(H,17,18). The summed E-state index contributed by atoms with van der Waals surface area (Å²) in [5.41, 5.74) is 0. The van der Waals surface area contributed by atoms with Crippen molar-refractivity contribution in [3.05, 3.63) is 12.7 Å². The number of carbonyl (C=O) groups is 2. The first kappa shape index (κ1) is 16.5. The van der Waals surface area contributed by atoms with Crippen molar-refractivity contribution in [3.8, 4) is 0 Å². The summed E-state index contributed by atoms with van der Waals surface area (Å²) in [7, 11) is 0. The predicted molar refractivity (Wildman–Crippen MR) is 75.6 cm³/mol. The number of nitrogens with one attached hydrogen (secondary N) is 1. The van der Waals surface area contributed by atoms with Crippen molar-refractivity contribution in [2.24, 2.45) is 5.92 Å². The lowest BCUT2D eigenvalue weighted by molar-refractivity contribution is -0.143. The molecule has 6 heteroatoms. The number of aliphatic carboxylic acids is 1. The Labute approximate surface area is 119 Å². The molecule has 2 atom stereocenters.